The van der Waals surface area contributed by atoms with Gasteiger partial charge in [0.05, 0.1) is 22.0 Å². The molecule has 29 heavy (non-hydrogen) atoms. The van der Waals surface area contributed by atoms with Crippen LogP contribution < -0.4 is 5.32 Å². The molecule has 0 bridgehead atoms. The average molecular weight is 410 g/mol. The quantitative estimate of drug-likeness (QED) is 0.714. The van der Waals surface area contributed by atoms with E-state index >= 15 is 0 Å². The van der Waals surface area contributed by atoms with Gasteiger partial charge in [-0.25, -0.2) is 8.42 Å². The van der Waals surface area contributed by atoms with Crippen molar-refractivity contribution in [1.82, 2.24) is 9.29 Å². The van der Waals surface area contributed by atoms with Crippen molar-refractivity contribution in [2.24, 2.45) is 5.92 Å². The van der Waals surface area contributed by atoms with Crippen molar-refractivity contribution < 1.29 is 13.2 Å². The second kappa shape index (κ2) is 7.93. The lowest BCUT2D eigenvalue weighted by atomic mass is 9.98. The Morgan fingerprint density at radius 3 is 2.66 bits per heavy atom. The lowest BCUT2D eigenvalue weighted by Gasteiger charge is -2.31. The highest BCUT2D eigenvalue weighted by Crippen LogP contribution is 2.26. The second-order valence-electron chi connectivity index (χ2n) is 7.38. The number of carbonyl (C=O) groups is 1. The Hall–Kier alpha value is -2.77. The highest BCUT2D eigenvalue weighted by atomic mass is 32.2. The summed E-state index contributed by atoms with van der Waals surface area (Å²) in [5, 5.41) is 3.84. The van der Waals surface area contributed by atoms with Gasteiger partial charge in [-0.3, -0.25) is 9.78 Å². The van der Waals surface area contributed by atoms with Gasteiger partial charge in [-0.2, -0.15) is 4.31 Å². The minimum absolute atomic E-state index is 0.162. The molecular formula is C22H23N3O3S. The number of rotatable bonds is 4. The largest absolute Gasteiger partial charge is 0.325 e. The van der Waals surface area contributed by atoms with E-state index in [9.17, 15) is 13.2 Å². The summed E-state index contributed by atoms with van der Waals surface area (Å²) in [6.07, 6.45) is 2.97. The highest BCUT2D eigenvalue weighted by molar-refractivity contribution is 7.89. The Morgan fingerprint density at radius 2 is 1.86 bits per heavy atom. The number of benzene rings is 2. The van der Waals surface area contributed by atoms with Crippen molar-refractivity contribution in [3.63, 3.8) is 0 Å². The molecule has 1 aliphatic heterocycles. The number of aryl methyl sites for hydroxylation is 1. The zero-order valence-electron chi connectivity index (χ0n) is 16.2. The van der Waals surface area contributed by atoms with E-state index < -0.39 is 15.9 Å². The molecule has 1 amide bonds. The van der Waals surface area contributed by atoms with Crippen LogP contribution in [0.25, 0.3) is 10.9 Å². The van der Waals surface area contributed by atoms with E-state index in [0.29, 0.717) is 25.1 Å². The average Bonchev–Trinajstić information content (AvgIpc) is 2.74. The number of hydrogen-bond donors (Lipinski definition) is 1. The third-order valence-electron chi connectivity index (χ3n) is 5.32. The van der Waals surface area contributed by atoms with E-state index in [1.54, 1.807) is 36.5 Å². The van der Waals surface area contributed by atoms with E-state index in [4.69, 9.17) is 0 Å². The number of hydrogen-bond acceptors (Lipinski definition) is 4. The van der Waals surface area contributed by atoms with Crippen LogP contribution in [0.3, 0.4) is 0 Å². The molecule has 1 aliphatic rings. The third kappa shape index (κ3) is 4.02. The molecule has 0 unspecified atom stereocenters. The number of pyridine rings is 1. The fraction of sp³-hybridized carbons (Fsp3) is 0.273. The number of nitrogens with zero attached hydrogens (tertiary/aromatic N) is 2. The Labute approximate surface area is 170 Å². The molecule has 3 aromatic rings. The van der Waals surface area contributed by atoms with Crippen LogP contribution in [0, 0.1) is 12.8 Å². The summed E-state index contributed by atoms with van der Waals surface area (Å²) in [7, 11) is -3.61. The molecule has 1 saturated heterocycles. The van der Waals surface area contributed by atoms with Gasteiger partial charge in [-0.05, 0) is 44.0 Å². The van der Waals surface area contributed by atoms with E-state index in [2.05, 4.69) is 10.3 Å². The Bertz CT molecular complexity index is 1140. The number of nitrogens with one attached hydrogen (secondary N) is 1. The lowest BCUT2D eigenvalue weighted by molar-refractivity contribution is -0.120. The predicted molar refractivity (Wildman–Crippen MR) is 113 cm³/mol. The van der Waals surface area contributed by atoms with Gasteiger partial charge in [0.1, 0.15) is 0 Å². The van der Waals surface area contributed by atoms with Crippen LogP contribution in [0.2, 0.25) is 0 Å². The molecule has 0 radical (unpaired) electrons. The summed E-state index contributed by atoms with van der Waals surface area (Å²) >= 11 is 0. The van der Waals surface area contributed by atoms with Crippen LogP contribution in [0.1, 0.15) is 18.4 Å². The third-order valence-corrected chi connectivity index (χ3v) is 7.20. The standard InChI is InChI=1S/C22H23N3O3S/c1-16-8-10-18(11-9-16)29(27,28)25-14-4-5-17(15-25)22(26)24-21-12-13-23-20-7-3-2-6-19(20)21/h2-3,6-13,17H,4-5,14-15H2,1H3,(H,23,24,26)/t17-/m1/s1. The van der Waals surface area contributed by atoms with E-state index in [-0.39, 0.29) is 17.3 Å². The van der Waals surface area contributed by atoms with E-state index in [0.717, 1.165) is 16.5 Å². The summed E-state index contributed by atoms with van der Waals surface area (Å²) in [6.45, 7) is 2.53. The van der Waals surface area contributed by atoms with Gasteiger partial charge >= 0.3 is 0 Å². The fourth-order valence-electron chi connectivity index (χ4n) is 3.67. The van der Waals surface area contributed by atoms with Crippen molar-refractivity contribution in [1.29, 1.82) is 0 Å². The molecule has 1 aromatic heterocycles. The minimum Gasteiger partial charge on any atom is -0.325 e. The second-order valence-corrected chi connectivity index (χ2v) is 9.32. The van der Waals surface area contributed by atoms with Crippen LogP contribution >= 0.6 is 0 Å². The Kier molecular flexibility index (Phi) is 5.34. The number of carbonyl (C=O) groups excluding carboxylic acids is 1. The molecule has 150 valence electrons. The summed E-state index contributed by atoms with van der Waals surface area (Å²) in [4.78, 5) is 17.5. The van der Waals surface area contributed by atoms with E-state index in [1.807, 2.05) is 31.2 Å². The number of piperidine rings is 1. The molecule has 2 aromatic carbocycles. The topological polar surface area (TPSA) is 79.4 Å². The number of anilines is 1. The molecule has 0 saturated carbocycles. The van der Waals surface area contributed by atoms with Crippen molar-refractivity contribution in [3.05, 3.63) is 66.4 Å². The van der Waals surface area contributed by atoms with Crippen LogP contribution in [0.4, 0.5) is 5.69 Å². The summed E-state index contributed by atoms with van der Waals surface area (Å²) in [6, 6.07) is 16.2. The molecule has 6 nitrogen and oxygen atoms in total. The van der Waals surface area contributed by atoms with Crippen LogP contribution in [-0.2, 0) is 14.8 Å². The first kappa shape index (κ1) is 19.5. The maximum atomic E-state index is 13.0. The molecule has 2 heterocycles. The zero-order chi connectivity index (χ0) is 20.4. The van der Waals surface area contributed by atoms with Crippen LogP contribution in [-0.4, -0.2) is 36.7 Å². The molecule has 7 heteroatoms. The van der Waals surface area contributed by atoms with Crippen molar-refractivity contribution in [2.45, 2.75) is 24.7 Å². The summed E-state index contributed by atoms with van der Waals surface area (Å²) in [5.74, 6) is -0.555. The van der Waals surface area contributed by atoms with Gasteiger partial charge in [-0.1, -0.05) is 35.9 Å². The number of amides is 1. The number of sulfonamides is 1. The smallest absolute Gasteiger partial charge is 0.243 e. The lowest BCUT2D eigenvalue weighted by Crippen LogP contribution is -2.43. The van der Waals surface area contributed by atoms with Gasteiger partial charge in [-0.15, -0.1) is 0 Å². The van der Waals surface area contributed by atoms with Gasteiger partial charge in [0.25, 0.3) is 0 Å². The molecule has 4 rings (SSSR count). The Balaban J connectivity index is 1.52. The molecule has 1 N–H and O–H groups in total. The minimum atomic E-state index is -3.61. The van der Waals surface area contributed by atoms with Gasteiger partial charge in [0.2, 0.25) is 15.9 Å². The monoisotopic (exact) mass is 409 g/mol. The summed E-state index contributed by atoms with van der Waals surface area (Å²) < 4.78 is 27.4. The number of fused-ring (bicyclic) bond motifs is 1. The fourth-order valence-corrected chi connectivity index (χ4v) is 5.20. The normalized spacial score (nSPS) is 17.9. The number of aromatic nitrogens is 1. The first-order valence-corrected chi connectivity index (χ1v) is 11.1. The first-order valence-electron chi connectivity index (χ1n) is 9.66. The van der Waals surface area contributed by atoms with Gasteiger partial charge in [0, 0.05) is 24.7 Å². The summed E-state index contributed by atoms with van der Waals surface area (Å²) in [5.41, 5.74) is 2.50. The Morgan fingerprint density at radius 1 is 1.10 bits per heavy atom. The molecule has 0 spiro atoms. The molecular weight excluding hydrogens is 386 g/mol. The van der Waals surface area contributed by atoms with Crippen LogP contribution in [0.15, 0.2) is 65.7 Å². The molecule has 0 aliphatic carbocycles. The molecule has 1 fully saturated rings. The maximum absolute atomic E-state index is 13.0. The highest BCUT2D eigenvalue weighted by Gasteiger charge is 2.33. The number of para-hydroxylation sites is 1. The van der Waals surface area contributed by atoms with Crippen molar-refractivity contribution in [2.75, 3.05) is 18.4 Å². The van der Waals surface area contributed by atoms with Gasteiger partial charge in [0.15, 0.2) is 0 Å². The van der Waals surface area contributed by atoms with Crippen LogP contribution in [0.5, 0.6) is 0 Å². The van der Waals surface area contributed by atoms with Gasteiger partial charge < -0.3 is 5.32 Å². The zero-order valence-corrected chi connectivity index (χ0v) is 17.0. The van der Waals surface area contributed by atoms with E-state index in [1.165, 1.54) is 4.31 Å². The first-order chi connectivity index (χ1) is 13.9. The predicted octanol–water partition coefficient (Wildman–Crippen LogP) is 3.58. The van der Waals surface area contributed by atoms with Crippen molar-refractivity contribution >= 4 is 32.5 Å². The molecule has 1 atom stereocenters. The maximum Gasteiger partial charge on any atom is 0.243 e. The SMILES string of the molecule is Cc1ccc(S(=O)(=O)N2CCC[C@@H](C(=O)Nc3ccnc4ccccc34)C2)cc1. The van der Waals surface area contributed by atoms with Crippen molar-refractivity contribution in [3.8, 4) is 0 Å².